The van der Waals surface area contributed by atoms with E-state index in [2.05, 4.69) is 9.97 Å². The third kappa shape index (κ3) is 3.30. The molecule has 0 radical (unpaired) electrons. The standard InChI is InChI=1S/C12H17F3N4O/c1-19(7-11(20)4-2-3-5-11)9-6-8(16)17-10(18-9)12(13,14)15/h6,20H,2-5,7H2,1H3,(H2,16,17,18). The Morgan fingerprint density at radius 2 is 1.95 bits per heavy atom. The minimum Gasteiger partial charge on any atom is -0.388 e. The van der Waals surface area contributed by atoms with Crippen molar-refractivity contribution in [3.05, 3.63) is 11.9 Å². The van der Waals surface area contributed by atoms with Crippen molar-refractivity contribution < 1.29 is 18.3 Å². The maximum Gasteiger partial charge on any atom is 0.451 e. The molecule has 0 bridgehead atoms. The number of nitrogens with two attached hydrogens (primary N) is 1. The average Bonchev–Trinajstić information content (AvgIpc) is 2.73. The van der Waals surface area contributed by atoms with Gasteiger partial charge in [-0.05, 0) is 12.8 Å². The van der Waals surface area contributed by atoms with E-state index in [0.717, 1.165) is 12.8 Å². The van der Waals surface area contributed by atoms with E-state index in [-0.39, 0.29) is 18.2 Å². The molecule has 0 aromatic carbocycles. The van der Waals surface area contributed by atoms with Crippen LogP contribution < -0.4 is 10.6 Å². The summed E-state index contributed by atoms with van der Waals surface area (Å²) in [5.74, 6) is -1.45. The maximum atomic E-state index is 12.6. The Bertz CT molecular complexity index is 486. The number of halogens is 3. The van der Waals surface area contributed by atoms with Crippen LogP contribution in [0.4, 0.5) is 24.8 Å². The number of aromatic nitrogens is 2. The average molecular weight is 290 g/mol. The lowest BCUT2D eigenvalue weighted by Crippen LogP contribution is -2.39. The van der Waals surface area contributed by atoms with Gasteiger partial charge in [0.25, 0.3) is 0 Å². The normalized spacial score (nSPS) is 18.2. The Hall–Kier alpha value is -1.57. The molecule has 1 aromatic heterocycles. The van der Waals surface area contributed by atoms with E-state index in [9.17, 15) is 18.3 Å². The van der Waals surface area contributed by atoms with Crippen molar-refractivity contribution in [3.8, 4) is 0 Å². The zero-order chi connectivity index (χ0) is 15.0. The molecule has 1 fully saturated rings. The fraction of sp³-hybridized carbons (Fsp3) is 0.667. The lowest BCUT2D eigenvalue weighted by atomic mass is 10.0. The molecule has 0 atom stereocenters. The van der Waals surface area contributed by atoms with Crippen molar-refractivity contribution in [2.75, 3.05) is 24.2 Å². The van der Waals surface area contributed by atoms with E-state index in [1.165, 1.54) is 11.0 Å². The van der Waals surface area contributed by atoms with Crippen molar-refractivity contribution >= 4 is 11.6 Å². The summed E-state index contributed by atoms with van der Waals surface area (Å²) < 4.78 is 37.9. The number of rotatable bonds is 3. The molecule has 1 aliphatic carbocycles. The van der Waals surface area contributed by atoms with E-state index in [1.54, 1.807) is 7.05 Å². The zero-order valence-electron chi connectivity index (χ0n) is 11.1. The highest BCUT2D eigenvalue weighted by Gasteiger charge is 2.36. The van der Waals surface area contributed by atoms with Crippen LogP contribution in [0.1, 0.15) is 31.5 Å². The van der Waals surface area contributed by atoms with Crippen LogP contribution in [-0.4, -0.2) is 34.3 Å². The third-order valence-corrected chi connectivity index (χ3v) is 3.44. The van der Waals surface area contributed by atoms with Crippen LogP contribution in [0.15, 0.2) is 6.07 Å². The molecule has 2 rings (SSSR count). The molecule has 5 nitrogen and oxygen atoms in total. The summed E-state index contributed by atoms with van der Waals surface area (Å²) in [6.07, 6.45) is -1.52. The summed E-state index contributed by atoms with van der Waals surface area (Å²) in [7, 11) is 1.58. The predicted octanol–water partition coefficient (Wildman–Crippen LogP) is 1.82. The second-order valence-corrected chi connectivity index (χ2v) is 5.26. The molecule has 1 heterocycles. The van der Waals surface area contributed by atoms with Crippen LogP contribution in [0.2, 0.25) is 0 Å². The number of nitrogen functional groups attached to an aromatic ring is 1. The molecule has 0 aliphatic heterocycles. The number of anilines is 2. The van der Waals surface area contributed by atoms with Crippen molar-refractivity contribution in [3.63, 3.8) is 0 Å². The number of hydrogen-bond acceptors (Lipinski definition) is 5. The fourth-order valence-corrected chi connectivity index (χ4v) is 2.49. The molecule has 8 heteroatoms. The first-order valence-electron chi connectivity index (χ1n) is 6.35. The van der Waals surface area contributed by atoms with E-state index in [0.29, 0.717) is 12.8 Å². The number of hydrogen-bond donors (Lipinski definition) is 2. The Morgan fingerprint density at radius 3 is 2.50 bits per heavy atom. The van der Waals surface area contributed by atoms with Gasteiger partial charge in [0.2, 0.25) is 5.82 Å². The Balaban J connectivity index is 2.21. The van der Waals surface area contributed by atoms with Gasteiger partial charge in [0.1, 0.15) is 11.6 Å². The van der Waals surface area contributed by atoms with Crippen LogP contribution in [0.3, 0.4) is 0 Å². The van der Waals surface area contributed by atoms with Crippen molar-refractivity contribution in [1.29, 1.82) is 0 Å². The topological polar surface area (TPSA) is 75.3 Å². The highest BCUT2D eigenvalue weighted by molar-refractivity contribution is 5.47. The highest BCUT2D eigenvalue weighted by atomic mass is 19.4. The van der Waals surface area contributed by atoms with Gasteiger partial charge >= 0.3 is 6.18 Å². The first-order chi connectivity index (χ1) is 9.20. The van der Waals surface area contributed by atoms with Crippen molar-refractivity contribution in [2.45, 2.75) is 37.5 Å². The third-order valence-electron chi connectivity index (χ3n) is 3.44. The van der Waals surface area contributed by atoms with Gasteiger partial charge in [0, 0.05) is 19.7 Å². The summed E-state index contributed by atoms with van der Waals surface area (Å²) in [5, 5.41) is 10.3. The zero-order valence-corrected chi connectivity index (χ0v) is 11.1. The van der Waals surface area contributed by atoms with Gasteiger partial charge in [-0.15, -0.1) is 0 Å². The second kappa shape index (κ2) is 5.08. The summed E-state index contributed by atoms with van der Waals surface area (Å²) >= 11 is 0. The summed E-state index contributed by atoms with van der Waals surface area (Å²) in [5.41, 5.74) is 4.53. The molecule has 0 unspecified atom stereocenters. The molecule has 1 aromatic rings. The number of likely N-dealkylation sites (N-methyl/N-ethyl adjacent to an activating group) is 1. The molecule has 112 valence electrons. The van der Waals surface area contributed by atoms with Gasteiger partial charge in [0.05, 0.1) is 5.60 Å². The van der Waals surface area contributed by atoms with Crippen LogP contribution >= 0.6 is 0 Å². The van der Waals surface area contributed by atoms with Gasteiger partial charge in [-0.25, -0.2) is 9.97 Å². The number of alkyl halides is 3. The minimum absolute atomic E-state index is 0.0603. The highest BCUT2D eigenvalue weighted by Crippen LogP contribution is 2.32. The molecule has 1 saturated carbocycles. The maximum absolute atomic E-state index is 12.6. The van der Waals surface area contributed by atoms with Crippen molar-refractivity contribution in [1.82, 2.24) is 9.97 Å². The van der Waals surface area contributed by atoms with E-state index < -0.39 is 17.6 Å². The van der Waals surface area contributed by atoms with Crippen LogP contribution in [-0.2, 0) is 6.18 Å². The SMILES string of the molecule is CN(CC1(O)CCCC1)c1cc(N)nc(C(F)(F)F)n1. The van der Waals surface area contributed by atoms with Gasteiger partial charge < -0.3 is 15.7 Å². The Labute approximate surface area is 114 Å². The van der Waals surface area contributed by atoms with Crippen molar-refractivity contribution in [2.24, 2.45) is 0 Å². The lowest BCUT2D eigenvalue weighted by Gasteiger charge is -2.29. The smallest absolute Gasteiger partial charge is 0.388 e. The molecule has 0 saturated heterocycles. The van der Waals surface area contributed by atoms with Crippen LogP contribution in [0.25, 0.3) is 0 Å². The van der Waals surface area contributed by atoms with Gasteiger partial charge in [-0.3, -0.25) is 0 Å². The van der Waals surface area contributed by atoms with Gasteiger partial charge in [-0.2, -0.15) is 13.2 Å². The Morgan fingerprint density at radius 1 is 1.35 bits per heavy atom. The summed E-state index contributed by atoms with van der Waals surface area (Å²) in [6.45, 7) is 0.223. The quantitative estimate of drug-likeness (QED) is 0.888. The minimum atomic E-state index is -4.64. The molecular weight excluding hydrogens is 273 g/mol. The van der Waals surface area contributed by atoms with Gasteiger partial charge in [-0.1, -0.05) is 12.8 Å². The summed E-state index contributed by atoms with van der Waals surface area (Å²) in [6, 6.07) is 1.27. The molecular formula is C12H17F3N4O. The molecule has 0 spiro atoms. The molecule has 3 N–H and O–H groups in total. The number of aliphatic hydroxyl groups is 1. The summed E-state index contributed by atoms with van der Waals surface area (Å²) in [4.78, 5) is 8.15. The van der Waals surface area contributed by atoms with Crippen LogP contribution in [0, 0.1) is 0 Å². The fourth-order valence-electron chi connectivity index (χ4n) is 2.49. The van der Waals surface area contributed by atoms with E-state index >= 15 is 0 Å². The Kier molecular flexibility index (Phi) is 3.77. The number of nitrogens with zero attached hydrogens (tertiary/aromatic N) is 3. The van der Waals surface area contributed by atoms with E-state index in [4.69, 9.17) is 5.73 Å². The van der Waals surface area contributed by atoms with Gasteiger partial charge in [0.15, 0.2) is 0 Å². The largest absolute Gasteiger partial charge is 0.451 e. The first kappa shape index (κ1) is 14.8. The predicted molar refractivity (Wildman–Crippen MR) is 68.1 cm³/mol. The molecule has 20 heavy (non-hydrogen) atoms. The lowest BCUT2D eigenvalue weighted by molar-refractivity contribution is -0.144. The molecule has 0 amide bonds. The molecule has 1 aliphatic rings. The van der Waals surface area contributed by atoms with Crippen LogP contribution in [0.5, 0.6) is 0 Å². The first-order valence-corrected chi connectivity index (χ1v) is 6.35. The second-order valence-electron chi connectivity index (χ2n) is 5.26. The monoisotopic (exact) mass is 290 g/mol. The van der Waals surface area contributed by atoms with E-state index in [1.807, 2.05) is 0 Å².